The maximum atomic E-state index is 11.5. The largest absolute Gasteiger partial charge is 0.324 e. The molecule has 1 fully saturated rings. The van der Waals surface area contributed by atoms with Gasteiger partial charge in [0.2, 0.25) is 0 Å². The van der Waals surface area contributed by atoms with Crippen LogP contribution < -0.4 is 5.73 Å². The van der Waals surface area contributed by atoms with Crippen molar-refractivity contribution in [2.45, 2.75) is 19.0 Å². The Morgan fingerprint density at radius 3 is 2.89 bits per heavy atom. The fourth-order valence-electron chi connectivity index (χ4n) is 2.25. The van der Waals surface area contributed by atoms with Crippen LogP contribution in [-0.4, -0.2) is 41.3 Å². The van der Waals surface area contributed by atoms with Crippen LogP contribution in [-0.2, 0) is 11.3 Å². The van der Waals surface area contributed by atoms with E-state index in [1.165, 1.54) is 5.56 Å². The molecule has 1 aliphatic rings. The quantitative estimate of drug-likeness (QED) is 0.876. The van der Waals surface area contributed by atoms with Gasteiger partial charge in [-0.05, 0) is 5.56 Å². The Bertz CT molecular complexity index is 383. The van der Waals surface area contributed by atoms with Crippen molar-refractivity contribution < 1.29 is 4.79 Å². The number of nitrogens with zero attached hydrogens (tertiary/aromatic N) is 1. The van der Waals surface area contributed by atoms with E-state index in [4.69, 9.17) is 5.73 Å². The topological polar surface area (TPSA) is 46.3 Å². The first kappa shape index (κ1) is 13.6. The zero-order valence-corrected chi connectivity index (χ0v) is 11.4. The van der Waals surface area contributed by atoms with Crippen molar-refractivity contribution in [2.24, 2.45) is 5.73 Å². The molecular formula is C14H20N2OS. The highest BCUT2D eigenvalue weighted by molar-refractivity contribution is 7.99. The van der Waals surface area contributed by atoms with Gasteiger partial charge < -0.3 is 5.73 Å². The highest BCUT2D eigenvalue weighted by Crippen LogP contribution is 2.21. The Kier molecular flexibility index (Phi) is 5.23. The summed E-state index contributed by atoms with van der Waals surface area (Å²) < 4.78 is 0. The molecule has 1 aromatic rings. The van der Waals surface area contributed by atoms with E-state index in [9.17, 15) is 4.79 Å². The smallest absolute Gasteiger partial charge is 0.147 e. The summed E-state index contributed by atoms with van der Waals surface area (Å²) in [6.07, 6.45) is 0.594. The highest BCUT2D eigenvalue weighted by atomic mass is 32.2. The molecule has 1 heterocycles. The third-order valence-corrected chi connectivity index (χ3v) is 4.36. The van der Waals surface area contributed by atoms with Gasteiger partial charge in [0.1, 0.15) is 5.78 Å². The number of thioether (sulfide) groups is 1. The molecule has 0 amide bonds. The van der Waals surface area contributed by atoms with Crippen LogP contribution in [0.15, 0.2) is 30.3 Å². The molecule has 0 bridgehead atoms. The van der Waals surface area contributed by atoms with E-state index in [0.717, 1.165) is 24.6 Å². The minimum absolute atomic E-state index is 0.167. The number of rotatable bonds is 5. The SMILES string of the molecule is NCC(=O)CC1CSCCN1Cc1ccccc1. The summed E-state index contributed by atoms with van der Waals surface area (Å²) in [7, 11) is 0. The Morgan fingerprint density at radius 2 is 2.17 bits per heavy atom. The fraction of sp³-hybridized carbons (Fsp3) is 0.500. The highest BCUT2D eigenvalue weighted by Gasteiger charge is 2.24. The van der Waals surface area contributed by atoms with E-state index in [2.05, 4.69) is 29.2 Å². The van der Waals surface area contributed by atoms with Gasteiger partial charge in [0.15, 0.2) is 0 Å². The molecule has 1 aliphatic heterocycles. The summed E-state index contributed by atoms with van der Waals surface area (Å²) >= 11 is 1.94. The summed E-state index contributed by atoms with van der Waals surface area (Å²) in [6.45, 7) is 2.16. The summed E-state index contributed by atoms with van der Waals surface area (Å²) in [6, 6.07) is 10.8. The second-order valence-corrected chi connectivity index (χ2v) is 5.78. The summed E-state index contributed by atoms with van der Waals surface area (Å²) in [5.74, 6) is 2.36. The van der Waals surface area contributed by atoms with Crippen LogP contribution >= 0.6 is 11.8 Å². The average Bonchev–Trinajstić information content (AvgIpc) is 2.42. The number of benzene rings is 1. The molecule has 3 nitrogen and oxygen atoms in total. The lowest BCUT2D eigenvalue weighted by atomic mass is 10.1. The van der Waals surface area contributed by atoms with Gasteiger partial charge >= 0.3 is 0 Å². The molecule has 2 N–H and O–H groups in total. The molecule has 4 heteroatoms. The van der Waals surface area contributed by atoms with Crippen molar-refractivity contribution in [3.63, 3.8) is 0 Å². The second kappa shape index (κ2) is 6.92. The van der Waals surface area contributed by atoms with E-state index in [-0.39, 0.29) is 12.3 Å². The lowest BCUT2D eigenvalue weighted by molar-refractivity contribution is -0.118. The van der Waals surface area contributed by atoms with Crippen LogP contribution in [0.25, 0.3) is 0 Å². The monoisotopic (exact) mass is 264 g/mol. The summed E-state index contributed by atoms with van der Waals surface area (Å²) in [5, 5.41) is 0. The van der Waals surface area contributed by atoms with Gasteiger partial charge in [-0.15, -0.1) is 0 Å². The number of nitrogens with two attached hydrogens (primary N) is 1. The predicted molar refractivity (Wildman–Crippen MR) is 76.6 cm³/mol. The summed E-state index contributed by atoms with van der Waals surface area (Å²) in [4.78, 5) is 13.9. The van der Waals surface area contributed by atoms with Crippen LogP contribution in [0.3, 0.4) is 0 Å². The molecule has 1 atom stereocenters. The molecule has 0 aliphatic carbocycles. The van der Waals surface area contributed by atoms with Crippen LogP contribution in [0.1, 0.15) is 12.0 Å². The molecule has 0 aromatic heterocycles. The van der Waals surface area contributed by atoms with Gasteiger partial charge in [0.05, 0.1) is 6.54 Å². The molecular weight excluding hydrogens is 244 g/mol. The molecule has 1 unspecified atom stereocenters. The zero-order valence-electron chi connectivity index (χ0n) is 10.5. The Morgan fingerprint density at radius 1 is 1.39 bits per heavy atom. The van der Waals surface area contributed by atoms with Crippen molar-refractivity contribution in [3.8, 4) is 0 Å². The summed E-state index contributed by atoms with van der Waals surface area (Å²) in [5.41, 5.74) is 6.73. The number of carbonyl (C=O) groups excluding carboxylic acids is 1. The maximum Gasteiger partial charge on any atom is 0.147 e. The van der Waals surface area contributed by atoms with Gasteiger partial charge in [-0.1, -0.05) is 30.3 Å². The number of carbonyl (C=O) groups is 1. The number of Topliss-reactive ketones (excluding diaryl/α,β-unsaturated/α-hetero) is 1. The van der Waals surface area contributed by atoms with Gasteiger partial charge in [-0.25, -0.2) is 0 Å². The van der Waals surface area contributed by atoms with Crippen LogP contribution in [0, 0.1) is 0 Å². The van der Waals surface area contributed by atoms with E-state index in [1.54, 1.807) is 0 Å². The zero-order chi connectivity index (χ0) is 12.8. The Labute approximate surface area is 113 Å². The molecule has 0 saturated carbocycles. The standard InChI is InChI=1S/C14H20N2OS/c15-9-14(17)8-13-11-18-7-6-16(13)10-12-4-2-1-3-5-12/h1-5,13H,6-11,15H2. The molecule has 2 rings (SSSR count). The van der Waals surface area contributed by atoms with Crippen LogP contribution in [0.4, 0.5) is 0 Å². The first-order valence-electron chi connectivity index (χ1n) is 6.37. The second-order valence-electron chi connectivity index (χ2n) is 4.63. The third-order valence-electron chi connectivity index (χ3n) is 3.27. The van der Waals surface area contributed by atoms with E-state index < -0.39 is 0 Å². The lowest BCUT2D eigenvalue weighted by Crippen LogP contribution is -2.43. The molecule has 0 radical (unpaired) electrons. The minimum Gasteiger partial charge on any atom is -0.324 e. The van der Waals surface area contributed by atoms with Crippen molar-refractivity contribution in [3.05, 3.63) is 35.9 Å². The lowest BCUT2D eigenvalue weighted by Gasteiger charge is -2.35. The molecule has 0 spiro atoms. The number of hydrogen-bond donors (Lipinski definition) is 1. The molecule has 1 aromatic carbocycles. The van der Waals surface area contributed by atoms with Gasteiger partial charge in [0.25, 0.3) is 0 Å². The minimum atomic E-state index is 0.167. The Balaban J connectivity index is 1.97. The van der Waals surface area contributed by atoms with Crippen LogP contribution in [0.2, 0.25) is 0 Å². The van der Waals surface area contributed by atoms with Gasteiger partial charge in [0, 0.05) is 37.1 Å². The first-order valence-corrected chi connectivity index (χ1v) is 7.52. The van der Waals surface area contributed by atoms with Crippen molar-refractivity contribution in [2.75, 3.05) is 24.6 Å². The van der Waals surface area contributed by atoms with Crippen LogP contribution in [0.5, 0.6) is 0 Å². The van der Waals surface area contributed by atoms with E-state index in [0.29, 0.717) is 12.5 Å². The van der Waals surface area contributed by atoms with E-state index in [1.807, 2.05) is 17.8 Å². The van der Waals surface area contributed by atoms with Crippen molar-refractivity contribution >= 4 is 17.5 Å². The fourth-order valence-corrected chi connectivity index (χ4v) is 3.38. The van der Waals surface area contributed by atoms with Gasteiger partial charge in [-0.2, -0.15) is 11.8 Å². The first-order chi connectivity index (χ1) is 8.79. The predicted octanol–water partition coefficient (Wildman–Crippen LogP) is 1.52. The molecule has 1 saturated heterocycles. The molecule has 98 valence electrons. The van der Waals surface area contributed by atoms with Gasteiger partial charge in [-0.3, -0.25) is 9.69 Å². The number of hydrogen-bond acceptors (Lipinski definition) is 4. The van der Waals surface area contributed by atoms with E-state index >= 15 is 0 Å². The normalized spacial score (nSPS) is 20.8. The number of ketones is 1. The molecule has 18 heavy (non-hydrogen) atoms. The maximum absolute atomic E-state index is 11.5. The Hall–Kier alpha value is -0.840. The third kappa shape index (κ3) is 3.83. The average molecular weight is 264 g/mol. The van der Waals surface area contributed by atoms with Crippen molar-refractivity contribution in [1.29, 1.82) is 0 Å². The van der Waals surface area contributed by atoms with Crippen molar-refractivity contribution in [1.82, 2.24) is 4.90 Å².